The van der Waals surface area contributed by atoms with Crippen LogP contribution in [0.25, 0.3) is 0 Å². The van der Waals surface area contributed by atoms with Crippen molar-refractivity contribution in [2.24, 2.45) is 0 Å². The SMILES string of the molecule is Cc1cc(C)c(NCC(=O)N2CCCCC2)c(Cl)c1. The third kappa shape index (κ3) is 3.63. The van der Waals surface area contributed by atoms with Gasteiger partial charge in [-0.1, -0.05) is 17.7 Å². The van der Waals surface area contributed by atoms with E-state index in [4.69, 9.17) is 11.6 Å². The molecule has 1 aromatic rings. The molecule has 1 aromatic carbocycles. The number of amides is 1. The number of piperidine rings is 1. The highest BCUT2D eigenvalue weighted by Crippen LogP contribution is 2.27. The molecule has 1 aliphatic heterocycles. The van der Waals surface area contributed by atoms with E-state index in [0.717, 1.165) is 42.7 Å². The second-order valence-electron chi connectivity index (χ2n) is 5.23. The van der Waals surface area contributed by atoms with Crippen LogP contribution in [0, 0.1) is 13.8 Å². The number of halogens is 1. The van der Waals surface area contributed by atoms with E-state index in [1.807, 2.05) is 24.8 Å². The van der Waals surface area contributed by atoms with Crippen molar-refractivity contribution >= 4 is 23.2 Å². The number of aryl methyl sites for hydroxylation is 2. The largest absolute Gasteiger partial charge is 0.375 e. The van der Waals surface area contributed by atoms with Gasteiger partial charge < -0.3 is 10.2 Å². The topological polar surface area (TPSA) is 32.3 Å². The summed E-state index contributed by atoms with van der Waals surface area (Å²) < 4.78 is 0. The Morgan fingerprint density at radius 2 is 1.95 bits per heavy atom. The van der Waals surface area contributed by atoms with Crippen LogP contribution >= 0.6 is 11.6 Å². The van der Waals surface area contributed by atoms with Gasteiger partial charge in [0.25, 0.3) is 0 Å². The summed E-state index contributed by atoms with van der Waals surface area (Å²) in [7, 11) is 0. The minimum Gasteiger partial charge on any atom is -0.375 e. The molecule has 1 aliphatic rings. The van der Waals surface area contributed by atoms with Gasteiger partial charge in [0.15, 0.2) is 0 Å². The van der Waals surface area contributed by atoms with E-state index in [0.29, 0.717) is 11.6 Å². The molecular formula is C15H21ClN2O. The van der Waals surface area contributed by atoms with Crippen molar-refractivity contribution in [3.8, 4) is 0 Å². The number of nitrogens with zero attached hydrogens (tertiary/aromatic N) is 1. The van der Waals surface area contributed by atoms with E-state index in [1.54, 1.807) is 0 Å². The Morgan fingerprint density at radius 1 is 1.26 bits per heavy atom. The van der Waals surface area contributed by atoms with E-state index in [9.17, 15) is 4.79 Å². The Labute approximate surface area is 119 Å². The summed E-state index contributed by atoms with van der Waals surface area (Å²) in [6.07, 6.45) is 3.48. The van der Waals surface area contributed by atoms with Crippen LogP contribution < -0.4 is 5.32 Å². The summed E-state index contributed by atoms with van der Waals surface area (Å²) in [6.45, 7) is 6.12. The Morgan fingerprint density at radius 3 is 2.58 bits per heavy atom. The lowest BCUT2D eigenvalue weighted by Gasteiger charge is -2.27. The summed E-state index contributed by atoms with van der Waals surface area (Å²) in [5.41, 5.74) is 3.09. The molecule has 3 nitrogen and oxygen atoms in total. The van der Waals surface area contributed by atoms with Gasteiger partial charge in [-0.05, 0) is 50.3 Å². The first-order valence-corrected chi connectivity index (χ1v) is 7.24. The quantitative estimate of drug-likeness (QED) is 0.921. The fourth-order valence-corrected chi connectivity index (χ4v) is 2.95. The summed E-state index contributed by atoms with van der Waals surface area (Å²) >= 11 is 6.22. The zero-order chi connectivity index (χ0) is 13.8. The molecule has 1 amide bonds. The number of hydrogen-bond acceptors (Lipinski definition) is 2. The highest BCUT2D eigenvalue weighted by Gasteiger charge is 2.16. The molecule has 0 aliphatic carbocycles. The molecule has 0 aromatic heterocycles. The van der Waals surface area contributed by atoms with E-state index >= 15 is 0 Å². The molecule has 0 radical (unpaired) electrons. The molecular weight excluding hydrogens is 260 g/mol. The van der Waals surface area contributed by atoms with Gasteiger partial charge in [-0.15, -0.1) is 0 Å². The van der Waals surface area contributed by atoms with Gasteiger partial charge in [0.05, 0.1) is 17.3 Å². The second kappa shape index (κ2) is 6.29. The van der Waals surface area contributed by atoms with Gasteiger partial charge in [0, 0.05) is 13.1 Å². The molecule has 0 saturated carbocycles. The lowest BCUT2D eigenvalue weighted by molar-refractivity contribution is -0.130. The second-order valence-corrected chi connectivity index (χ2v) is 5.64. The highest BCUT2D eigenvalue weighted by atomic mass is 35.5. The average molecular weight is 281 g/mol. The van der Waals surface area contributed by atoms with Gasteiger partial charge in [0.2, 0.25) is 5.91 Å². The number of hydrogen-bond donors (Lipinski definition) is 1. The molecule has 4 heteroatoms. The van der Waals surface area contributed by atoms with Crippen LogP contribution in [0.3, 0.4) is 0 Å². The molecule has 104 valence electrons. The van der Waals surface area contributed by atoms with Crippen molar-refractivity contribution in [1.82, 2.24) is 4.90 Å². The Kier molecular flexibility index (Phi) is 4.70. The van der Waals surface area contributed by atoms with Crippen LogP contribution in [0.4, 0.5) is 5.69 Å². The maximum Gasteiger partial charge on any atom is 0.241 e. The van der Waals surface area contributed by atoms with Crippen LogP contribution in [-0.4, -0.2) is 30.4 Å². The lowest BCUT2D eigenvalue weighted by Crippen LogP contribution is -2.39. The van der Waals surface area contributed by atoms with E-state index < -0.39 is 0 Å². The van der Waals surface area contributed by atoms with Gasteiger partial charge in [0.1, 0.15) is 0 Å². The number of benzene rings is 1. The number of likely N-dealkylation sites (tertiary alicyclic amines) is 1. The summed E-state index contributed by atoms with van der Waals surface area (Å²) in [4.78, 5) is 14.0. The zero-order valence-corrected chi connectivity index (χ0v) is 12.4. The van der Waals surface area contributed by atoms with Gasteiger partial charge in [-0.3, -0.25) is 4.79 Å². The first-order valence-electron chi connectivity index (χ1n) is 6.86. The minimum absolute atomic E-state index is 0.163. The maximum atomic E-state index is 12.1. The van der Waals surface area contributed by atoms with Crippen LogP contribution in [0.5, 0.6) is 0 Å². The van der Waals surface area contributed by atoms with E-state index in [2.05, 4.69) is 11.4 Å². The molecule has 0 bridgehead atoms. The van der Waals surface area contributed by atoms with Gasteiger partial charge >= 0.3 is 0 Å². The average Bonchev–Trinajstić information content (AvgIpc) is 2.38. The monoisotopic (exact) mass is 280 g/mol. The highest BCUT2D eigenvalue weighted by molar-refractivity contribution is 6.33. The molecule has 0 spiro atoms. The molecule has 1 N–H and O–H groups in total. The zero-order valence-electron chi connectivity index (χ0n) is 11.6. The lowest BCUT2D eigenvalue weighted by atomic mass is 10.1. The molecule has 19 heavy (non-hydrogen) atoms. The predicted molar refractivity (Wildman–Crippen MR) is 79.8 cm³/mol. The standard InChI is InChI=1S/C15H21ClN2O/c1-11-8-12(2)15(13(16)9-11)17-10-14(19)18-6-4-3-5-7-18/h8-9,17H,3-7,10H2,1-2H3. The van der Waals surface area contributed by atoms with Crippen molar-refractivity contribution in [3.05, 3.63) is 28.3 Å². The maximum absolute atomic E-state index is 12.1. The number of carbonyl (C=O) groups is 1. The first-order chi connectivity index (χ1) is 9.08. The fraction of sp³-hybridized carbons (Fsp3) is 0.533. The third-order valence-electron chi connectivity index (χ3n) is 3.56. The molecule has 0 unspecified atom stereocenters. The number of nitrogens with one attached hydrogen (secondary N) is 1. The van der Waals surface area contributed by atoms with Crippen molar-refractivity contribution in [3.63, 3.8) is 0 Å². The predicted octanol–water partition coefficient (Wildman–Crippen LogP) is 3.38. The third-order valence-corrected chi connectivity index (χ3v) is 3.85. The van der Waals surface area contributed by atoms with Crippen LogP contribution in [0.15, 0.2) is 12.1 Å². The molecule has 1 fully saturated rings. The summed E-state index contributed by atoms with van der Waals surface area (Å²) in [5.74, 6) is 0.163. The normalized spacial score (nSPS) is 15.4. The van der Waals surface area contributed by atoms with Crippen molar-refractivity contribution in [2.45, 2.75) is 33.1 Å². The Balaban J connectivity index is 1.96. The molecule has 1 saturated heterocycles. The Bertz CT molecular complexity index is 444. The Hall–Kier alpha value is -1.22. The van der Waals surface area contributed by atoms with E-state index in [-0.39, 0.29) is 5.91 Å². The molecule has 0 atom stereocenters. The minimum atomic E-state index is 0.163. The van der Waals surface area contributed by atoms with Crippen LogP contribution in [-0.2, 0) is 4.79 Å². The molecule has 1 heterocycles. The number of carbonyl (C=O) groups excluding carboxylic acids is 1. The fourth-order valence-electron chi connectivity index (χ4n) is 2.56. The first kappa shape index (κ1) is 14.2. The number of anilines is 1. The van der Waals surface area contributed by atoms with Crippen molar-refractivity contribution < 1.29 is 4.79 Å². The van der Waals surface area contributed by atoms with Crippen LogP contribution in [0.2, 0.25) is 5.02 Å². The smallest absolute Gasteiger partial charge is 0.241 e. The van der Waals surface area contributed by atoms with Gasteiger partial charge in [-0.2, -0.15) is 0 Å². The van der Waals surface area contributed by atoms with Gasteiger partial charge in [-0.25, -0.2) is 0 Å². The molecule has 2 rings (SSSR count). The summed E-state index contributed by atoms with van der Waals surface area (Å²) in [5, 5.41) is 3.87. The summed E-state index contributed by atoms with van der Waals surface area (Å²) in [6, 6.07) is 3.99. The van der Waals surface area contributed by atoms with Crippen LogP contribution in [0.1, 0.15) is 30.4 Å². The van der Waals surface area contributed by atoms with E-state index in [1.165, 1.54) is 6.42 Å². The van der Waals surface area contributed by atoms with Crippen molar-refractivity contribution in [1.29, 1.82) is 0 Å². The van der Waals surface area contributed by atoms with Crippen molar-refractivity contribution in [2.75, 3.05) is 25.0 Å². The number of rotatable bonds is 3.